The van der Waals surface area contributed by atoms with Crippen LogP contribution >= 0.6 is 0 Å². The number of hydrogen-bond donors (Lipinski definition) is 2. The van der Waals surface area contributed by atoms with E-state index in [1.807, 2.05) is 0 Å². The molecular formula is C14H18F3NO. The topological polar surface area (TPSA) is 46.2 Å². The summed E-state index contributed by atoms with van der Waals surface area (Å²) in [6.07, 6.45) is -2.87. The van der Waals surface area contributed by atoms with Gasteiger partial charge in [-0.15, -0.1) is 0 Å². The number of benzene rings is 1. The van der Waals surface area contributed by atoms with Gasteiger partial charge in [0.25, 0.3) is 0 Å². The van der Waals surface area contributed by atoms with Crippen LogP contribution in [0.2, 0.25) is 0 Å². The Hall–Kier alpha value is -1.07. The zero-order valence-electron chi connectivity index (χ0n) is 10.8. The fourth-order valence-corrected chi connectivity index (χ4v) is 2.67. The van der Waals surface area contributed by atoms with E-state index in [0.717, 1.165) is 6.07 Å². The highest BCUT2D eigenvalue weighted by Gasteiger charge is 2.43. The first-order valence-corrected chi connectivity index (χ1v) is 6.32. The van der Waals surface area contributed by atoms with Crippen LogP contribution < -0.4 is 5.73 Å². The van der Waals surface area contributed by atoms with Crippen molar-refractivity contribution in [1.29, 1.82) is 0 Å². The molecule has 0 bridgehead atoms. The van der Waals surface area contributed by atoms with Crippen molar-refractivity contribution in [3.05, 3.63) is 35.4 Å². The number of aliphatic hydroxyl groups is 1. The van der Waals surface area contributed by atoms with Gasteiger partial charge in [0.1, 0.15) is 0 Å². The van der Waals surface area contributed by atoms with Crippen LogP contribution in [-0.4, -0.2) is 10.7 Å². The molecule has 3 N–H and O–H groups in total. The largest absolute Gasteiger partial charge is 0.416 e. The average molecular weight is 273 g/mol. The molecule has 0 heterocycles. The molecule has 1 aromatic carbocycles. The van der Waals surface area contributed by atoms with Crippen molar-refractivity contribution in [1.82, 2.24) is 0 Å². The van der Waals surface area contributed by atoms with Crippen molar-refractivity contribution in [2.24, 2.45) is 5.73 Å². The smallest absolute Gasteiger partial charge is 0.390 e. The molecule has 0 amide bonds. The normalized spacial score (nSPS) is 32.3. The summed E-state index contributed by atoms with van der Waals surface area (Å²) in [5.41, 5.74) is 3.83. The van der Waals surface area contributed by atoms with Gasteiger partial charge in [0, 0.05) is 5.54 Å². The first-order valence-electron chi connectivity index (χ1n) is 6.32. The molecule has 106 valence electrons. The van der Waals surface area contributed by atoms with Crippen molar-refractivity contribution in [2.75, 3.05) is 0 Å². The zero-order chi connectivity index (χ0) is 14.3. The van der Waals surface area contributed by atoms with E-state index < -0.39 is 22.9 Å². The number of alkyl halides is 3. The SMILES string of the molecule is CC1(O)CCC(N)(c2ccccc2C(F)(F)F)CC1. The van der Waals surface area contributed by atoms with Gasteiger partial charge < -0.3 is 10.8 Å². The summed E-state index contributed by atoms with van der Waals surface area (Å²) in [5, 5.41) is 9.90. The molecule has 1 aromatic rings. The summed E-state index contributed by atoms with van der Waals surface area (Å²) in [5.74, 6) is 0. The van der Waals surface area contributed by atoms with E-state index in [4.69, 9.17) is 5.73 Å². The molecule has 1 fully saturated rings. The molecule has 0 radical (unpaired) electrons. The first-order chi connectivity index (χ1) is 8.64. The molecule has 0 aromatic heterocycles. The van der Waals surface area contributed by atoms with E-state index >= 15 is 0 Å². The second-order valence-electron chi connectivity index (χ2n) is 5.70. The third-order valence-corrected chi connectivity index (χ3v) is 3.99. The zero-order valence-corrected chi connectivity index (χ0v) is 10.8. The summed E-state index contributed by atoms with van der Waals surface area (Å²) in [6, 6.07) is 5.46. The molecule has 0 saturated heterocycles. The molecule has 1 aliphatic carbocycles. The lowest BCUT2D eigenvalue weighted by Gasteiger charge is -2.41. The number of hydrogen-bond acceptors (Lipinski definition) is 2. The summed E-state index contributed by atoms with van der Waals surface area (Å²) >= 11 is 0. The van der Waals surface area contributed by atoms with Crippen molar-refractivity contribution < 1.29 is 18.3 Å². The van der Waals surface area contributed by atoms with Crippen LogP contribution in [-0.2, 0) is 11.7 Å². The monoisotopic (exact) mass is 273 g/mol. The number of rotatable bonds is 1. The van der Waals surface area contributed by atoms with Crippen molar-refractivity contribution in [3.63, 3.8) is 0 Å². The van der Waals surface area contributed by atoms with Crippen LogP contribution in [0.3, 0.4) is 0 Å². The van der Waals surface area contributed by atoms with Gasteiger partial charge >= 0.3 is 6.18 Å². The van der Waals surface area contributed by atoms with Crippen molar-refractivity contribution in [2.45, 2.75) is 49.9 Å². The number of nitrogens with two attached hydrogens (primary N) is 1. The minimum atomic E-state index is -4.40. The molecule has 5 heteroatoms. The van der Waals surface area contributed by atoms with E-state index in [-0.39, 0.29) is 5.56 Å². The molecule has 0 unspecified atom stereocenters. The van der Waals surface area contributed by atoms with Gasteiger partial charge in [0.15, 0.2) is 0 Å². The highest BCUT2D eigenvalue weighted by molar-refractivity contribution is 5.36. The molecule has 1 aliphatic rings. The minimum absolute atomic E-state index is 0.137. The van der Waals surface area contributed by atoms with Gasteiger partial charge in [-0.3, -0.25) is 0 Å². The van der Waals surface area contributed by atoms with E-state index in [9.17, 15) is 18.3 Å². The average Bonchev–Trinajstić information content (AvgIpc) is 2.32. The summed E-state index contributed by atoms with van der Waals surface area (Å²) in [6.45, 7) is 1.70. The predicted molar refractivity (Wildman–Crippen MR) is 66.4 cm³/mol. The summed E-state index contributed by atoms with van der Waals surface area (Å²) in [7, 11) is 0. The Labute approximate surface area is 110 Å². The molecule has 0 spiro atoms. The van der Waals surface area contributed by atoms with E-state index in [1.165, 1.54) is 12.1 Å². The molecule has 2 rings (SSSR count). The first kappa shape index (κ1) is 14.3. The van der Waals surface area contributed by atoms with E-state index in [0.29, 0.717) is 25.7 Å². The Morgan fingerprint density at radius 1 is 1.11 bits per heavy atom. The maximum absolute atomic E-state index is 13.0. The highest BCUT2D eigenvalue weighted by atomic mass is 19.4. The fraction of sp³-hybridized carbons (Fsp3) is 0.571. The maximum atomic E-state index is 13.0. The Balaban J connectivity index is 2.37. The molecular weight excluding hydrogens is 255 g/mol. The lowest BCUT2D eigenvalue weighted by atomic mass is 9.71. The van der Waals surface area contributed by atoms with Gasteiger partial charge in [-0.1, -0.05) is 18.2 Å². The predicted octanol–water partition coefficient (Wildman–Crippen LogP) is 3.18. The lowest BCUT2D eigenvalue weighted by molar-refractivity contribution is -0.139. The van der Waals surface area contributed by atoms with Crippen LogP contribution in [0.15, 0.2) is 24.3 Å². The van der Waals surface area contributed by atoms with Crippen LogP contribution in [0.1, 0.15) is 43.7 Å². The molecule has 2 nitrogen and oxygen atoms in total. The second-order valence-corrected chi connectivity index (χ2v) is 5.70. The second kappa shape index (κ2) is 4.49. The van der Waals surface area contributed by atoms with Gasteiger partial charge in [-0.2, -0.15) is 13.2 Å². The van der Waals surface area contributed by atoms with Crippen LogP contribution in [0.4, 0.5) is 13.2 Å². The molecule has 0 atom stereocenters. The third-order valence-electron chi connectivity index (χ3n) is 3.99. The van der Waals surface area contributed by atoms with E-state index in [2.05, 4.69) is 0 Å². The Morgan fingerprint density at radius 3 is 2.16 bits per heavy atom. The van der Waals surface area contributed by atoms with Crippen LogP contribution in [0.5, 0.6) is 0 Å². The summed E-state index contributed by atoms with van der Waals surface area (Å²) in [4.78, 5) is 0. The quantitative estimate of drug-likeness (QED) is 0.825. The molecule has 19 heavy (non-hydrogen) atoms. The molecule has 1 saturated carbocycles. The Bertz CT molecular complexity index is 458. The molecule has 0 aliphatic heterocycles. The summed E-state index contributed by atoms with van der Waals surface area (Å²) < 4.78 is 39.1. The lowest BCUT2D eigenvalue weighted by Crippen LogP contribution is -2.46. The fourth-order valence-electron chi connectivity index (χ4n) is 2.67. The van der Waals surface area contributed by atoms with Crippen LogP contribution in [0, 0.1) is 0 Å². The van der Waals surface area contributed by atoms with Gasteiger partial charge in [-0.05, 0) is 44.2 Å². The van der Waals surface area contributed by atoms with E-state index in [1.54, 1.807) is 13.0 Å². The van der Waals surface area contributed by atoms with Crippen molar-refractivity contribution in [3.8, 4) is 0 Å². The maximum Gasteiger partial charge on any atom is 0.416 e. The minimum Gasteiger partial charge on any atom is -0.390 e. The van der Waals surface area contributed by atoms with Gasteiger partial charge in [0.05, 0.1) is 11.2 Å². The van der Waals surface area contributed by atoms with Crippen molar-refractivity contribution >= 4 is 0 Å². The third kappa shape index (κ3) is 2.92. The van der Waals surface area contributed by atoms with Gasteiger partial charge in [-0.25, -0.2) is 0 Å². The Kier molecular flexibility index (Phi) is 3.39. The standard InChI is InChI=1S/C14H18F3NO/c1-12(19)6-8-13(18,9-7-12)10-4-2-3-5-11(10)14(15,16)17/h2-5,19H,6-9,18H2,1H3. The van der Waals surface area contributed by atoms with Crippen LogP contribution in [0.25, 0.3) is 0 Å². The number of halogens is 3. The highest BCUT2D eigenvalue weighted by Crippen LogP contribution is 2.43. The Morgan fingerprint density at radius 2 is 1.63 bits per heavy atom. The van der Waals surface area contributed by atoms with Gasteiger partial charge in [0.2, 0.25) is 0 Å².